The van der Waals surface area contributed by atoms with Crippen LogP contribution in [0.15, 0.2) is 11.7 Å². The van der Waals surface area contributed by atoms with Crippen LogP contribution in [0.2, 0.25) is 0 Å². The molecule has 102 valence electrons. The van der Waals surface area contributed by atoms with E-state index in [1.165, 1.54) is 11.0 Å². The number of hydrogen-bond acceptors (Lipinski definition) is 5. The van der Waals surface area contributed by atoms with E-state index in [1.807, 2.05) is 12.3 Å². The van der Waals surface area contributed by atoms with Gasteiger partial charge in [-0.25, -0.2) is 14.5 Å². The third-order valence-electron chi connectivity index (χ3n) is 2.60. The van der Waals surface area contributed by atoms with Crippen molar-refractivity contribution in [2.75, 3.05) is 5.32 Å². The molecule has 0 saturated carbocycles. The Morgan fingerprint density at radius 3 is 2.95 bits per heavy atom. The molecular formula is C11H16N6OS. The average Bonchev–Trinajstić information content (AvgIpc) is 2.99. The maximum Gasteiger partial charge on any atom is 0.322 e. The number of amides is 2. The molecule has 2 amide bonds. The zero-order valence-electron chi connectivity index (χ0n) is 11.0. The van der Waals surface area contributed by atoms with Crippen molar-refractivity contribution < 1.29 is 4.79 Å². The van der Waals surface area contributed by atoms with Crippen LogP contribution < -0.4 is 10.6 Å². The highest BCUT2D eigenvalue weighted by Crippen LogP contribution is 2.16. The fourth-order valence-electron chi connectivity index (χ4n) is 1.50. The number of carbonyl (C=O) groups is 1. The molecule has 2 aromatic rings. The molecule has 0 aliphatic heterocycles. The third-order valence-corrected chi connectivity index (χ3v) is 3.61. The van der Waals surface area contributed by atoms with E-state index in [0.29, 0.717) is 5.95 Å². The summed E-state index contributed by atoms with van der Waals surface area (Å²) in [4.78, 5) is 20.2. The Hall–Kier alpha value is -1.96. The fourth-order valence-corrected chi connectivity index (χ4v) is 2.34. The van der Waals surface area contributed by atoms with Gasteiger partial charge in [-0.3, -0.25) is 5.32 Å². The van der Waals surface area contributed by atoms with Gasteiger partial charge < -0.3 is 5.32 Å². The normalized spacial score (nSPS) is 12.2. The van der Waals surface area contributed by atoms with Gasteiger partial charge in [0.15, 0.2) is 0 Å². The molecule has 0 radical (unpaired) electrons. The van der Waals surface area contributed by atoms with Crippen molar-refractivity contribution in [2.24, 2.45) is 7.05 Å². The molecule has 1 unspecified atom stereocenters. The lowest BCUT2D eigenvalue weighted by Crippen LogP contribution is -2.32. The first-order valence-electron chi connectivity index (χ1n) is 5.96. The zero-order chi connectivity index (χ0) is 13.8. The SMILES string of the molecule is CCc1nc(C(C)NC(=O)Nc2ncnn2C)cs1. The first-order valence-corrected chi connectivity index (χ1v) is 6.84. The highest BCUT2D eigenvalue weighted by atomic mass is 32.1. The molecule has 0 fully saturated rings. The minimum absolute atomic E-state index is 0.148. The van der Waals surface area contributed by atoms with Crippen LogP contribution in [-0.4, -0.2) is 25.8 Å². The number of rotatable bonds is 4. The predicted molar refractivity (Wildman–Crippen MR) is 73.1 cm³/mol. The van der Waals surface area contributed by atoms with Gasteiger partial charge in [0.25, 0.3) is 0 Å². The summed E-state index contributed by atoms with van der Waals surface area (Å²) in [6.07, 6.45) is 2.29. The lowest BCUT2D eigenvalue weighted by Gasteiger charge is -2.12. The molecule has 19 heavy (non-hydrogen) atoms. The quantitative estimate of drug-likeness (QED) is 0.893. The summed E-state index contributed by atoms with van der Waals surface area (Å²) in [6, 6.07) is -0.473. The number of aryl methyl sites for hydroxylation is 2. The summed E-state index contributed by atoms with van der Waals surface area (Å²) in [5.41, 5.74) is 0.870. The molecule has 2 rings (SSSR count). The summed E-state index contributed by atoms with van der Waals surface area (Å²) in [5, 5.41) is 12.3. The first kappa shape index (κ1) is 13.5. The van der Waals surface area contributed by atoms with Crippen LogP contribution in [0.1, 0.15) is 30.6 Å². The van der Waals surface area contributed by atoms with Gasteiger partial charge in [0.05, 0.1) is 16.7 Å². The van der Waals surface area contributed by atoms with Crippen LogP contribution in [0.25, 0.3) is 0 Å². The third kappa shape index (κ3) is 3.28. The van der Waals surface area contributed by atoms with Gasteiger partial charge in [0.1, 0.15) is 6.33 Å². The number of urea groups is 1. The van der Waals surface area contributed by atoms with E-state index in [2.05, 4.69) is 32.6 Å². The average molecular weight is 280 g/mol. The zero-order valence-corrected chi connectivity index (χ0v) is 11.9. The molecule has 1 atom stereocenters. The number of thiazole rings is 1. The topological polar surface area (TPSA) is 84.7 Å². The van der Waals surface area contributed by atoms with Crippen LogP contribution in [0.5, 0.6) is 0 Å². The van der Waals surface area contributed by atoms with Crippen LogP contribution in [0.4, 0.5) is 10.7 Å². The Kier molecular flexibility index (Phi) is 4.10. The molecular weight excluding hydrogens is 264 g/mol. The number of nitrogens with zero attached hydrogens (tertiary/aromatic N) is 4. The second kappa shape index (κ2) is 5.79. The predicted octanol–water partition coefficient (Wildman–Crippen LogP) is 1.72. The van der Waals surface area contributed by atoms with Gasteiger partial charge in [-0.1, -0.05) is 6.92 Å². The van der Waals surface area contributed by atoms with Crippen molar-refractivity contribution in [1.82, 2.24) is 25.1 Å². The number of hydrogen-bond donors (Lipinski definition) is 2. The summed E-state index contributed by atoms with van der Waals surface area (Å²) >= 11 is 1.60. The van der Waals surface area contributed by atoms with E-state index in [0.717, 1.165) is 17.1 Å². The van der Waals surface area contributed by atoms with Gasteiger partial charge in [-0.2, -0.15) is 10.1 Å². The minimum atomic E-state index is -0.324. The maximum absolute atomic E-state index is 11.8. The fraction of sp³-hybridized carbons (Fsp3) is 0.455. The molecule has 2 N–H and O–H groups in total. The summed E-state index contributed by atoms with van der Waals surface area (Å²) in [7, 11) is 1.71. The van der Waals surface area contributed by atoms with Gasteiger partial charge in [-0.05, 0) is 13.3 Å². The van der Waals surface area contributed by atoms with Crippen LogP contribution in [-0.2, 0) is 13.5 Å². The highest BCUT2D eigenvalue weighted by molar-refractivity contribution is 7.09. The molecule has 8 heteroatoms. The molecule has 7 nitrogen and oxygen atoms in total. The number of aromatic nitrogens is 4. The van der Waals surface area contributed by atoms with E-state index in [-0.39, 0.29) is 12.1 Å². The summed E-state index contributed by atoms with van der Waals surface area (Å²) in [6.45, 7) is 3.95. The van der Waals surface area contributed by atoms with Gasteiger partial charge in [0.2, 0.25) is 5.95 Å². The minimum Gasteiger partial charge on any atom is -0.330 e. The Morgan fingerprint density at radius 2 is 2.37 bits per heavy atom. The molecule has 0 aliphatic carbocycles. The number of carbonyl (C=O) groups excluding carboxylic acids is 1. The van der Waals surface area contributed by atoms with Crippen molar-refractivity contribution in [3.05, 3.63) is 22.4 Å². The molecule has 0 spiro atoms. The molecule has 2 heterocycles. The number of anilines is 1. The standard InChI is InChI=1S/C11H16N6OS/c1-4-9-15-8(5-19-9)7(2)14-11(18)16-10-12-6-13-17(10)3/h5-7H,4H2,1-3H3,(H2,12,13,14,16,18). The molecule has 0 aromatic carbocycles. The summed E-state index contributed by atoms with van der Waals surface area (Å²) < 4.78 is 1.49. The Bertz CT molecular complexity index is 563. The second-order valence-electron chi connectivity index (χ2n) is 4.05. The van der Waals surface area contributed by atoms with Crippen LogP contribution in [0, 0.1) is 0 Å². The van der Waals surface area contributed by atoms with Gasteiger partial charge >= 0.3 is 6.03 Å². The second-order valence-corrected chi connectivity index (χ2v) is 4.99. The van der Waals surface area contributed by atoms with E-state index in [9.17, 15) is 4.79 Å². The van der Waals surface area contributed by atoms with E-state index >= 15 is 0 Å². The van der Waals surface area contributed by atoms with Crippen molar-refractivity contribution in [3.8, 4) is 0 Å². The molecule has 0 bridgehead atoms. The van der Waals surface area contributed by atoms with Crippen molar-refractivity contribution in [2.45, 2.75) is 26.3 Å². The summed E-state index contributed by atoms with van der Waals surface area (Å²) in [5.74, 6) is 0.400. The van der Waals surface area contributed by atoms with Crippen LogP contribution >= 0.6 is 11.3 Å². The van der Waals surface area contributed by atoms with E-state index in [1.54, 1.807) is 18.4 Å². The Morgan fingerprint density at radius 1 is 1.58 bits per heavy atom. The van der Waals surface area contributed by atoms with Crippen molar-refractivity contribution >= 4 is 23.3 Å². The van der Waals surface area contributed by atoms with Gasteiger partial charge in [-0.15, -0.1) is 11.3 Å². The largest absolute Gasteiger partial charge is 0.330 e. The first-order chi connectivity index (χ1) is 9.10. The monoisotopic (exact) mass is 280 g/mol. The Labute approximate surface area is 115 Å². The molecule has 0 aliphatic rings. The maximum atomic E-state index is 11.8. The van der Waals surface area contributed by atoms with Crippen molar-refractivity contribution in [1.29, 1.82) is 0 Å². The van der Waals surface area contributed by atoms with E-state index in [4.69, 9.17) is 0 Å². The highest BCUT2D eigenvalue weighted by Gasteiger charge is 2.13. The number of nitrogens with one attached hydrogen (secondary N) is 2. The molecule has 2 aromatic heterocycles. The van der Waals surface area contributed by atoms with Crippen molar-refractivity contribution in [3.63, 3.8) is 0 Å². The lowest BCUT2D eigenvalue weighted by molar-refractivity contribution is 0.249. The Balaban J connectivity index is 1.93. The van der Waals surface area contributed by atoms with Gasteiger partial charge in [0, 0.05) is 12.4 Å². The van der Waals surface area contributed by atoms with E-state index < -0.39 is 0 Å². The molecule has 0 saturated heterocycles. The smallest absolute Gasteiger partial charge is 0.322 e. The lowest BCUT2D eigenvalue weighted by atomic mass is 10.3. The van der Waals surface area contributed by atoms with Crippen LogP contribution in [0.3, 0.4) is 0 Å².